The van der Waals surface area contributed by atoms with Crippen LogP contribution in [0.3, 0.4) is 0 Å². The summed E-state index contributed by atoms with van der Waals surface area (Å²) in [6, 6.07) is 17.9. The lowest BCUT2D eigenvalue weighted by Crippen LogP contribution is -2.52. The molecular formula is C30H35BrFN3O4S. The first-order valence-electron chi connectivity index (χ1n) is 13.2. The molecule has 0 aromatic heterocycles. The number of aryl methyl sites for hydroxylation is 1. The van der Waals surface area contributed by atoms with Crippen LogP contribution in [-0.4, -0.2) is 44.3 Å². The zero-order valence-electron chi connectivity index (χ0n) is 22.9. The van der Waals surface area contributed by atoms with Crippen molar-refractivity contribution >= 4 is 43.5 Å². The van der Waals surface area contributed by atoms with E-state index in [0.29, 0.717) is 28.7 Å². The van der Waals surface area contributed by atoms with E-state index in [-0.39, 0.29) is 17.3 Å². The lowest BCUT2D eigenvalue weighted by molar-refractivity contribution is -0.140. The first-order valence-corrected chi connectivity index (χ1v) is 15.5. The molecule has 0 saturated carbocycles. The predicted octanol–water partition coefficient (Wildman–Crippen LogP) is 5.82. The molecule has 0 fully saturated rings. The number of nitrogens with one attached hydrogen (secondary N) is 1. The van der Waals surface area contributed by atoms with E-state index in [1.165, 1.54) is 29.2 Å². The summed E-state index contributed by atoms with van der Waals surface area (Å²) in [6.07, 6.45) is 2.00. The quantitative estimate of drug-likeness (QED) is 0.241. The SMILES string of the molecule is CCCCNC(=O)C(CC)N(Cc1ccc(F)cc1)C(=O)CN(c1cccc(Br)c1)S(=O)(=O)c1ccc(C)cc1. The Balaban J connectivity index is 2.03. The summed E-state index contributed by atoms with van der Waals surface area (Å²) in [7, 11) is -4.15. The Labute approximate surface area is 244 Å². The number of hydrogen-bond acceptors (Lipinski definition) is 4. The van der Waals surface area contributed by atoms with Crippen LogP contribution < -0.4 is 9.62 Å². The molecular weight excluding hydrogens is 597 g/mol. The number of sulfonamides is 1. The average Bonchev–Trinajstić information content (AvgIpc) is 2.93. The average molecular weight is 633 g/mol. The van der Waals surface area contributed by atoms with Gasteiger partial charge in [-0.3, -0.25) is 13.9 Å². The number of unbranched alkanes of at least 4 members (excludes halogenated alkanes) is 1. The fourth-order valence-electron chi connectivity index (χ4n) is 4.21. The minimum absolute atomic E-state index is 0.00964. The van der Waals surface area contributed by atoms with Crippen molar-refractivity contribution in [3.8, 4) is 0 Å². The van der Waals surface area contributed by atoms with Gasteiger partial charge in [0.15, 0.2) is 0 Å². The maximum absolute atomic E-state index is 14.0. The molecule has 0 heterocycles. The predicted molar refractivity (Wildman–Crippen MR) is 159 cm³/mol. The Bertz CT molecular complexity index is 1400. The molecule has 3 aromatic rings. The molecule has 0 aliphatic rings. The largest absolute Gasteiger partial charge is 0.354 e. The van der Waals surface area contributed by atoms with Crippen LogP contribution >= 0.6 is 15.9 Å². The molecule has 0 spiro atoms. The van der Waals surface area contributed by atoms with Gasteiger partial charge in [-0.15, -0.1) is 0 Å². The molecule has 10 heteroatoms. The number of carbonyl (C=O) groups is 2. The smallest absolute Gasteiger partial charge is 0.264 e. The number of carbonyl (C=O) groups excluding carboxylic acids is 2. The molecule has 0 saturated heterocycles. The maximum Gasteiger partial charge on any atom is 0.264 e. The number of anilines is 1. The molecule has 3 rings (SSSR count). The number of amides is 2. The van der Waals surface area contributed by atoms with Crippen molar-refractivity contribution in [1.82, 2.24) is 10.2 Å². The lowest BCUT2D eigenvalue weighted by Gasteiger charge is -2.33. The summed E-state index contributed by atoms with van der Waals surface area (Å²) >= 11 is 3.39. The fraction of sp³-hybridized carbons (Fsp3) is 0.333. The topological polar surface area (TPSA) is 86.8 Å². The van der Waals surface area contributed by atoms with Crippen LogP contribution in [0.25, 0.3) is 0 Å². The molecule has 0 aliphatic heterocycles. The van der Waals surface area contributed by atoms with Crippen molar-refractivity contribution in [2.24, 2.45) is 0 Å². The maximum atomic E-state index is 14.0. The second-order valence-electron chi connectivity index (χ2n) is 9.52. The number of hydrogen-bond donors (Lipinski definition) is 1. The Kier molecular flexibility index (Phi) is 11.3. The monoisotopic (exact) mass is 631 g/mol. The van der Waals surface area contributed by atoms with Gasteiger partial charge >= 0.3 is 0 Å². The van der Waals surface area contributed by atoms with E-state index in [4.69, 9.17) is 0 Å². The molecule has 0 radical (unpaired) electrons. The molecule has 40 heavy (non-hydrogen) atoms. The van der Waals surface area contributed by atoms with Gasteiger partial charge < -0.3 is 10.2 Å². The molecule has 1 N–H and O–H groups in total. The molecule has 0 aliphatic carbocycles. The highest BCUT2D eigenvalue weighted by molar-refractivity contribution is 9.10. The van der Waals surface area contributed by atoms with Crippen molar-refractivity contribution in [2.45, 2.75) is 57.5 Å². The van der Waals surface area contributed by atoms with Gasteiger partial charge in [0.05, 0.1) is 10.6 Å². The van der Waals surface area contributed by atoms with Crippen LogP contribution in [0.4, 0.5) is 10.1 Å². The Morgan fingerprint density at radius 1 is 1.00 bits per heavy atom. The lowest BCUT2D eigenvalue weighted by atomic mass is 10.1. The summed E-state index contributed by atoms with van der Waals surface area (Å²) in [4.78, 5) is 28.6. The van der Waals surface area contributed by atoms with Crippen LogP contribution in [-0.2, 0) is 26.2 Å². The molecule has 3 aromatic carbocycles. The van der Waals surface area contributed by atoms with Crippen LogP contribution in [0.2, 0.25) is 0 Å². The van der Waals surface area contributed by atoms with Crippen LogP contribution in [0, 0.1) is 12.7 Å². The summed E-state index contributed by atoms with van der Waals surface area (Å²) in [5, 5.41) is 2.89. The van der Waals surface area contributed by atoms with Gasteiger partial charge in [-0.25, -0.2) is 12.8 Å². The van der Waals surface area contributed by atoms with Gasteiger partial charge in [-0.2, -0.15) is 0 Å². The van der Waals surface area contributed by atoms with Gasteiger partial charge in [0.1, 0.15) is 18.4 Å². The van der Waals surface area contributed by atoms with E-state index in [2.05, 4.69) is 21.2 Å². The molecule has 214 valence electrons. The van der Waals surface area contributed by atoms with Crippen molar-refractivity contribution in [3.63, 3.8) is 0 Å². The highest BCUT2D eigenvalue weighted by Gasteiger charge is 2.33. The van der Waals surface area contributed by atoms with Crippen LogP contribution in [0.5, 0.6) is 0 Å². The van der Waals surface area contributed by atoms with Gasteiger partial charge in [-0.05, 0) is 67.8 Å². The van der Waals surface area contributed by atoms with Crippen molar-refractivity contribution < 1.29 is 22.4 Å². The number of rotatable bonds is 13. The van der Waals surface area contributed by atoms with Gasteiger partial charge in [0.25, 0.3) is 10.0 Å². The standard InChI is InChI=1S/C30H35BrFN3O4S/c1-4-6-18-33-30(37)28(5-2)34(20-23-12-14-25(32)15-13-23)29(36)21-35(26-9-7-8-24(31)19-26)40(38,39)27-16-10-22(3)11-17-27/h7-17,19,28H,4-6,18,20-21H2,1-3H3,(H,33,37). The van der Waals surface area contributed by atoms with Crippen LogP contribution in [0.1, 0.15) is 44.2 Å². The van der Waals surface area contributed by atoms with E-state index in [1.54, 1.807) is 55.5 Å². The third-order valence-corrected chi connectivity index (χ3v) is 8.75. The third-order valence-electron chi connectivity index (χ3n) is 6.47. The minimum Gasteiger partial charge on any atom is -0.354 e. The number of benzene rings is 3. The van der Waals surface area contributed by atoms with Gasteiger partial charge in [0.2, 0.25) is 11.8 Å². The third kappa shape index (κ3) is 8.14. The summed E-state index contributed by atoms with van der Waals surface area (Å²) < 4.78 is 43.1. The highest BCUT2D eigenvalue weighted by atomic mass is 79.9. The van der Waals surface area contributed by atoms with Crippen molar-refractivity contribution in [2.75, 3.05) is 17.4 Å². The number of halogens is 2. The zero-order valence-corrected chi connectivity index (χ0v) is 25.3. The molecule has 2 amide bonds. The Hall–Kier alpha value is -3.24. The second-order valence-corrected chi connectivity index (χ2v) is 12.3. The van der Waals surface area contributed by atoms with Crippen LogP contribution in [0.15, 0.2) is 82.2 Å². The summed E-state index contributed by atoms with van der Waals surface area (Å²) in [6.45, 7) is 5.61. The number of nitrogens with zero attached hydrogens (tertiary/aromatic N) is 2. The minimum atomic E-state index is -4.15. The molecule has 0 bridgehead atoms. The first-order chi connectivity index (χ1) is 19.1. The fourth-order valence-corrected chi connectivity index (χ4v) is 6.00. The molecule has 7 nitrogen and oxygen atoms in total. The van der Waals surface area contributed by atoms with E-state index < -0.39 is 34.3 Å². The molecule has 1 unspecified atom stereocenters. The zero-order chi connectivity index (χ0) is 29.3. The highest BCUT2D eigenvalue weighted by Crippen LogP contribution is 2.27. The van der Waals surface area contributed by atoms with Gasteiger partial charge in [-0.1, -0.05) is 72.1 Å². The first kappa shape index (κ1) is 31.3. The normalized spacial score (nSPS) is 12.0. The van der Waals surface area contributed by atoms with E-state index in [0.717, 1.165) is 22.7 Å². The van der Waals surface area contributed by atoms with E-state index >= 15 is 0 Å². The summed E-state index contributed by atoms with van der Waals surface area (Å²) in [5.41, 5.74) is 1.81. The van der Waals surface area contributed by atoms with Gasteiger partial charge in [0, 0.05) is 17.6 Å². The van der Waals surface area contributed by atoms with Crippen molar-refractivity contribution in [3.05, 3.63) is 94.2 Å². The van der Waals surface area contributed by atoms with E-state index in [9.17, 15) is 22.4 Å². The molecule has 1 atom stereocenters. The Morgan fingerprint density at radius 2 is 1.68 bits per heavy atom. The van der Waals surface area contributed by atoms with Crippen molar-refractivity contribution in [1.29, 1.82) is 0 Å². The Morgan fingerprint density at radius 3 is 2.27 bits per heavy atom. The second kappa shape index (κ2) is 14.4. The van der Waals surface area contributed by atoms with E-state index in [1.807, 2.05) is 13.8 Å². The summed E-state index contributed by atoms with van der Waals surface area (Å²) in [5.74, 6) is -1.30.